The molecular formula is C15H26N2O3S. The fourth-order valence-corrected chi connectivity index (χ4v) is 3.20. The molecule has 21 heavy (non-hydrogen) atoms. The molecule has 0 aromatic heterocycles. The smallest absolute Gasteiger partial charge is 0.240 e. The summed E-state index contributed by atoms with van der Waals surface area (Å²) in [5.74, 6) is 0. The van der Waals surface area contributed by atoms with Crippen LogP contribution >= 0.6 is 0 Å². The van der Waals surface area contributed by atoms with Gasteiger partial charge in [0.25, 0.3) is 0 Å². The van der Waals surface area contributed by atoms with Crippen LogP contribution in [-0.2, 0) is 10.0 Å². The van der Waals surface area contributed by atoms with Gasteiger partial charge in [0.2, 0.25) is 10.0 Å². The van der Waals surface area contributed by atoms with Crippen LogP contribution in [0.3, 0.4) is 0 Å². The second-order valence-corrected chi connectivity index (χ2v) is 6.79. The van der Waals surface area contributed by atoms with E-state index in [2.05, 4.69) is 23.5 Å². The SMILES string of the molecule is CCN(CC)CCCNS(=O)(=O)c1cccc(C(C)O)c1. The third kappa shape index (κ3) is 5.74. The molecule has 1 aromatic rings. The molecule has 0 saturated carbocycles. The van der Waals surface area contributed by atoms with E-state index >= 15 is 0 Å². The van der Waals surface area contributed by atoms with Gasteiger partial charge in [0.05, 0.1) is 11.0 Å². The normalized spacial score (nSPS) is 13.6. The maximum Gasteiger partial charge on any atom is 0.240 e. The van der Waals surface area contributed by atoms with Gasteiger partial charge < -0.3 is 10.0 Å². The average molecular weight is 314 g/mol. The van der Waals surface area contributed by atoms with Crippen LogP contribution in [0.4, 0.5) is 0 Å². The molecule has 1 aromatic carbocycles. The van der Waals surface area contributed by atoms with Crippen molar-refractivity contribution in [1.29, 1.82) is 0 Å². The first-order chi connectivity index (χ1) is 9.90. The Morgan fingerprint density at radius 3 is 2.52 bits per heavy atom. The van der Waals surface area contributed by atoms with Crippen molar-refractivity contribution in [3.05, 3.63) is 29.8 Å². The van der Waals surface area contributed by atoms with Crippen LogP contribution in [0.15, 0.2) is 29.2 Å². The van der Waals surface area contributed by atoms with Crippen molar-refractivity contribution in [2.75, 3.05) is 26.2 Å². The van der Waals surface area contributed by atoms with E-state index in [1.54, 1.807) is 25.1 Å². The number of aliphatic hydroxyl groups is 1. The van der Waals surface area contributed by atoms with Crippen molar-refractivity contribution < 1.29 is 13.5 Å². The van der Waals surface area contributed by atoms with Crippen molar-refractivity contribution in [2.24, 2.45) is 0 Å². The number of hydrogen-bond donors (Lipinski definition) is 2. The van der Waals surface area contributed by atoms with Gasteiger partial charge in [-0.2, -0.15) is 0 Å². The standard InChI is InChI=1S/C15H26N2O3S/c1-4-17(5-2)11-7-10-16-21(19,20)15-9-6-8-14(12-15)13(3)18/h6,8-9,12-13,16,18H,4-5,7,10-11H2,1-3H3. The largest absolute Gasteiger partial charge is 0.389 e. The van der Waals surface area contributed by atoms with Gasteiger partial charge in [-0.1, -0.05) is 26.0 Å². The van der Waals surface area contributed by atoms with Crippen molar-refractivity contribution in [3.8, 4) is 0 Å². The van der Waals surface area contributed by atoms with Crippen LogP contribution in [0.1, 0.15) is 38.9 Å². The van der Waals surface area contributed by atoms with E-state index in [4.69, 9.17) is 0 Å². The number of benzene rings is 1. The van der Waals surface area contributed by atoms with Crippen LogP contribution in [0.5, 0.6) is 0 Å². The highest BCUT2D eigenvalue weighted by molar-refractivity contribution is 7.89. The van der Waals surface area contributed by atoms with Crippen molar-refractivity contribution in [1.82, 2.24) is 9.62 Å². The summed E-state index contributed by atoms with van der Waals surface area (Å²) in [6.07, 6.45) is 0.0969. The lowest BCUT2D eigenvalue weighted by Crippen LogP contribution is -2.30. The van der Waals surface area contributed by atoms with Gasteiger partial charge in [-0.15, -0.1) is 0 Å². The minimum absolute atomic E-state index is 0.198. The van der Waals surface area contributed by atoms with Crippen LogP contribution in [0.25, 0.3) is 0 Å². The van der Waals surface area contributed by atoms with E-state index in [0.717, 1.165) is 26.1 Å². The minimum atomic E-state index is -3.51. The Morgan fingerprint density at radius 2 is 1.95 bits per heavy atom. The van der Waals surface area contributed by atoms with Gasteiger partial charge in [-0.05, 0) is 50.7 Å². The Kier molecular flexibility index (Phi) is 7.31. The number of hydrogen-bond acceptors (Lipinski definition) is 4. The summed E-state index contributed by atoms with van der Waals surface area (Å²) in [6.45, 7) is 9.04. The molecule has 0 bridgehead atoms. The molecule has 2 N–H and O–H groups in total. The number of rotatable bonds is 9. The van der Waals surface area contributed by atoms with Crippen LogP contribution in [-0.4, -0.2) is 44.6 Å². The van der Waals surface area contributed by atoms with Gasteiger partial charge in [0.1, 0.15) is 0 Å². The highest BCUT2D eigenvalue weighted by atomic mass is 32.2. The molecule has 0 radical (unpaired) electrons. The summed E-state index contributed by atoms with van der Waals surface area (Å²) in [5, 5.41) is 9.52. The molecular weight excluding hydrogens is 288 g/mol. The third-order valence-corrected chi connectivity index (χ3v) is 4.95. The highest BCUT2D eigenvalue weighted by Crippen LogP contribution is 2.16. The lowest BCUT2D eigenvalue weighted by Gasteiger charge is -2.17. The Bertz CT molecular complexity index is 525. The molecule has 1 atom stereocenters. The third-order valence-electron chi connectivity index (χ3n) is 3.49. The maximum absolute atomic E-state index is 12.2. The van der Waals surface area contributed by atoms with Gasteiger partial charge in [0, 0.05) is 6.54 Å². The Hall–Kier alpha value is -0.950. The zero-order chi connectivity index (χ0) is 15.9. The lowest BCUT2D eigenvalue weighted by atomic mass is 10.1. The van der Waals surface area contributed by atoms with E-state index in [1.807, 2.05) is 0 Å². The molecule has 0 fully saturated rings. The molecule has 120 valence electrons. The fraction of sp³-hybridized carbons (Fsp3) is 0.600. The van der Waals surface area contributed by atoms with E-state index in [1.165, 1.54) is 6.07 Å². The molecule has 5 nitrogen and oxygen atoms in total. The number of nitrogens with zero attached hydrogens (tertiary/aromatic N) is 1. The fourth-order valence-electron chi connectivity index (χ4n) is 2.07. The van der Waals surface area contributed by atoms with Gasteiger partial charge in [-0.3, -0.25) is 0 Å². The summed E-state index contributed by atoms with van der Waals surface area (Å²) in [6, 6.07) is 6.41. The highest BCUT2D eigenvalue weighted by Gasteiger charge is 2.14. The van der Waals surface area contributed by atoms with E-state index < -0.39 is 16.1 Å². The molecule has 1 unspecified atom stereocenters. The maximum atomic E-state index is 12.2. The van der Waals surface area contributed by atoms with Crippen molar-refractivity contribution in [2.45, 2.75) is 38.2 Å². The first-order valence-corrected chi connectivity index (χ1v) is 8.89. The summed E-state index contributed by atoms with van der Waals surface area (Å²) < 4.78 is 27.0. The second kappa shape index (κ2) is 8.48. The van der Waals surface area contributed by atoms with Crippen LogP contribution in [0.2, 0.25) is 0 Å². The first kappa shape index (κ1) is 18.1. The minimum Gasteiger partial charge on any atom is -0.389 e. The first-order valence-electron chi connectivity index (χ1n) is 7.40. The van der Waals surface area contributed by atoms with Gasteiger partial charge >= 0.3 is 0 Å². The molecule has 6 heteroatoms. The quantitative estimate of drug-likeness (QED) is 0.681. The Labute approximate surface area is 128 Å². The Morgan fingerprint density at radius 1 is 1.29 bits per heavy atom. The molecule has 0 aliphatic carbocycles. The van der Waals surface area contributed by atoms with E-state index in [-0.39, 0.29) is 4.90 Å². The van der Waals surface area contributed by atoms with Crippen molar-refractivity contribution >= 4 is 10.0 Å². The predicted octanol–water partition coefficient (Wildman–Crippen LogP) is 1.75. The zero-order valence-electron chi connectivity index (χ0n) is 13.0. The Balaban J connectivity index is 2.59. The molecule has 1 rings (SSSR count). The molecule has 0 saturated heterocycles. The summed E-state index contributed by atoms with van der Waals surface area (Å²) in [5.41, 5.74) is 0.598. The van der Waals surface area contributed by atoms with E-state index in [9.17, 15) is 13.5 Å². The van der Waals surface area contributed by atoms with Gasteiger partial charge in [0.15, 0.2) is 0 Å². The molecule has 0 amide bonds. The molecule has 0 aliphatic rings. The average Bonchev–Trinajstić information content (AvgIpc) is 2.47. The monoisotopic (exact) mass is 314 g/mol. The molecule has 0 heterocycles. The number of aliphatic hydroxyl groups excluding tert-OH is 1. The summed E-state index contributed by atoms with van der Waals surface area (Å²) in [7, 11) is -3.51. The van der Waals surface area contributed by atoms with Crippen LogP contribution in [0, 0.1) is 0 Å². The second-order valence-electron chi connectivity index (χ2n) is 5.03. The molecule has 0 spiro atoms. The topological polar surface area (TPSA) is 69.6 Å². The van der Waals surface area contributed by atoms with Crippen LogP contribution < -0.4 is 4.72 Å². The van der Waals surface area contributed by atoms with E-state index in [0.29, 0.717) is 12.1 Å². The van der Waals surface area contributed by atoms with Gasteiger partial charge in [-0.25, -0.2) is 13.1 Å². The zero-order valence-corrected chi connectivity index (χ0v) is 13.9. The summed E-state index contributed by atoms with van der Waals surface area (Å²) >= 11 is 0. The van der Waals surface area contributed by atoms with Crippen molar-refractivity contribution in [3.63, 3.8) is 0 Å². The lowest BCUT2D eigenvalue weighted by molar-refractivity contribution is 0.199. The summed E-state index contributed by atoms with van der Waals surface area (Å²) in [4.78, 5) is 2.45. The predicted molar refractivity (Wildman–Crippen MR) is 84.7 cm³/mol. The molecule has 0 aliphatic heterocycles. The number of nitrogens with one attached hydrogen (secondary N) is 1. The number of sulfonamides is 1.